The number of hydrogen-bond donors (Lipinski definition) is 1. The third-order valence-corrected chi connectivity index (χ3v) is 6.00. The van der Waals surface area contributed by atoms with Crippen LogP contribution in [0.5, 0.6) is 5.75 Å². The Balaban J connectivity index is 1.71. The predicted molar refractivity (Wildman–Crippen MR) is 115 cm³/mol. The topological polar surface area (TPSA) is 79.3 Å². The monoisotopic (exact) mass is 424 g/mol. The summed E-state index contributed by atoms with van der Waals surface area (Å²) >= 11 is 0. The highest BCUT2D eigenvalue weighted by Gasteiger charge is 2.44. The second-order valence-electron chi connectivity index (χ2n) is 7.80. The minimum absolute atomic E-state index is 0.125. The van der Waals surface area contributed by atoms with E-state index >= 15 is 0 Å². The molecule has 2 aliphatic rings. The van der Waals surface area contributed by atoms with Crippen molar-refractivity contribution in [3.63, 3.8) is 0 Å². The van der Waals surface area contributed by atoms with Gasteiger partial charge in [0.15, 0.2) is 0 Å². The molecule has 2 aliphatic heterocycles. The number of nitrogens with zero attached hydrogens (tertiary/aromatic N) is 2. The zero-order valence-electron chi connectivity index (χ0n) is 17.7. The summed E-state index contributed by atoms with van der Waals surface area (Å²) in [6, 6.07) is 13.9. The number of rotatable bonds is 7. The molecular weight excluding hydrogens is 396 g/mol. The first-order valence-corrected chi connectivity index (χ1v) is 10.8. The highest BCUT2D eigenvalue weighted by atomic mass is 16.5. The lowest BCUT2D eigenvalue weighted by atomic mass is 9.79. The fourth-order valence-electron chi connectivity index (χ4n) is 4.48. The number of carbonyl (C=O) groups excluding carboxylic acids is 1. The number of aliphatic carboxylic acids is 1. The Bertz CT molecular complexity index is 924. The molecule has 0 spiro atoms. The van der Waals surface area contributed by atoms with Crippen molar-refractivity contribution >= 4 is 11.9 Å². The summed E-state index contributed by atoms with van der Waals surface area (Å²) in [7, 11) is 0. The summed E-state index contributed by atoms with van der Waals surface area (Å²) in [6.45, 7) is 6.58. The van der Waals surface area contributed by atoms with Crippen LogP contribution in [0.25, 0.3) is 0 Å². The summed E-state index contributed by atoms with van der Waals surface area (Å²) in [5.74, 6) is -1.17. The Hall–Kier alpha value is -2.90. The van der Waals surface area contributed by atoms with E-state index < -0.39 is 17.9 Å². The Morgan fingerprint density at radius 1 is 1.10 bits per heavy atom. The molecule has 164 valence electrons. The highest BCUT2D eigenvalue weighted by molar-refractivity contribution is 6.00. The Kier molecular flexibility index (Phi) is 6.53. The first kappa shape index (κ1) is 21.3. The average molecular weight is 424 g/mol. The van der Waals surface area contributed by atoms with Gasteiger partial charge in [-0.15, -0.1) is 0 Å². The van der Waals surface area contributed by atoms with Crippen molar-refractivity contribution in [3.8, 4) is 5.75 Å². The van der Waals surface area contributed by atoms with E-state index in [1.807, 2.05) is 31.2 Å². The zero-order chi connectivity index (χ0) is 21.8. The molecule has 2 heterocycles. The molecule has 1 fully saturated rings. The molecule has 0 bridgehead atoms. The van der Waals surface area contributed by atoms with Crippen LogP contribution in [-0.2, 0) is 9.53 Å². The largest absolute Gasteiger partial charge is 0.494 e. The van der Waals surface area contributed by atoms with Gasteiger partial charge in [0.05, 0.1) is 25.9 Å². The standard InChI is InChI=1S/C24H28N2O5/c1-2-31-18-9-7-17(8-10-18)22-21(24(28)29)19-5-3-4-6-20(19)23(27)26(22)12-11-25-13-15-30-16-14-25/h3-10,21-22H,2,11-16H2,1H3,(H,28,29)/t21-,22-/m0/s1. The quantitative estimate of drug-likeness (QED) is 0.736. The van der Waals surface area contributed by atoms with E-state index in [9.17, 15) is 14.7 Å². The van der Waals surface area contributed by atoms with Crippen molar-refractivity contribution in [2.24, 2.45) is 0 Å². The van der Waals surface area contributed by atoms with Gasteiger partial charge in [-0.1, -0.05) is 30.3 Å². The predicted octanol–water partition coefficient (Wildman–Crippen LogP) is 2.78. The highest BCUT2D eigenvalue weighted by Crippen LogP contribution is 2.43. The molecule has 4 rings (SSSR count). The molecule has 0 saturated carbocycles. The number of ether oxygens (including phenoxy) is 2. The van der Waals surface area contributed by atoms with Gasteiger partial charge in [-0.2, -0.15) is 0 Å². The van der Waals surface area contributed by atoms with E-state index in [2.05, 4.69) is 4.90 Å². The van der Waals surface area contributed by atoms with Crippen LogP contribution in [0.2, 0.25) is 0 Å². The molecule has 2 aromatic carbocycles. The number of benzene rings is 2. The molecule has 0 aromatic heterocycles. The number of carboxylic acid groups (broad SMARTS) is 1. The number of amides is 1. The molecule has 0 radical (unpaired) electrons. The molecule has 1 saturated heterocycles. The molecule has 0 unspecified atom stereocenters. The molecule has 2 atom stereocenters. The van der Waals surface area contributed by atoms with Crippen LogP contribution < -0.4 is 4.74 Å². The van der Waals surface area contributed by atoms with Crippen molar-refractivity contribution in [1.29, 1.82) is 0 Å². The summed E-state index contributed by atoms with van der Waals surface area (Å²) < 4.78 is 11.0. The third kappa shape index (κ3) is 4.43. The zero-order valence-corrected chi connectivity index (χ0v) is 17.7. The summed E-state index contributed by atoms with van der Waals surface area (Å²) in [6.07, 6.45) is 0. The van der Waals surface area contributed by atoms with Crippen LogP contribution in [0.4, 0.5) is 0 Å². The fourth-order valence-corrected chi connectivity index (χ4v) is 4.48. The average Bonchev–Trinajstić information content (AvgIpc) is 2.79. The van der Waals surface area contributed by atoms with Crippen molar-refractivity contribution in [2.45, 2.75) is 18.9 Å². The van der Waals surface area contributed by atoms with Crippen LogP contribution >= 0.6 is 0 Å². The molecule has 1 N–H and O–H groups in total. The molecule has 2 aromatic rings. The maximum absolute atomic E-state index is 13.5. The van der Waals surface area contributed by atoms with Gasteiger partial charge in [-0.3, -0.25) is 14.5 Å². The lowest BCUT2D eigenvalue weighted by molar-refractivity contribution is -0.140. The van der Waals surface area contributed by atoms with Gasteiger partial charge in [0, 0.05) is 31.7 Å². The molecule has 7 heteroatoms. The second kappa shape index (κ2) is 9.49. The van der Waals surface area contributed by atoms with E-state index in [0.717, 1.165) is 24.4 Å². The van der Waals surface area contributed by atoms with Crippen LogP contribution in [-0.4, -0.2) is 72.8 Å². The first-order chi connectivity index (χ1) is 15.1. The van der Waals surface area contributed by atoms with Crippen molar-refractivity contribution in [2.75, 3.05) is 46.0 Å². The number of morpholine rings is 1. The van der Waals surface area contributed by atoms with E-state index in [1.165, 1.54) is 0 Å². The summed E-state index contributed by atoms with van der Waals surface area (Å²) in [5.41, 5.74) is 1.83. The van der Waals surface area contributed by atoms with Gasteiger partial charge in [-0.25, -0.2) is 0 Å². The van der Waals surface area contributed by atoms with E-state index in [1.54, 1.807) is 29.2 Å². The number of hydrogen-bond acceptors (Lipinski definition) is 5. The molecule has 31 heavy (non-hydrogen) atoms. The number of carbonyl (C=O) groups is 2. The Morgan fingerprint density at radius 3 is 2.48 bits per heavy atom. The normalized spacial score (nSPS) is 21.6. The number of fused-ring (bicyclic) bond motifs is 1. The minimum atomic E-state index is -0.935. The van der Waals surface area contributed by atoms with Gasteiger partial charge < -0.3 is 19.5 Å². The minimum Gasteiger partial charge on any atom is -0.494 e. The van der Waals surface area contributed by atoms with Crippen LogP contribution in [0, 0.1) is 0 Å². The summed E-state index contributed by atoms with van der Waals surface area (Å²) in [4.78, 5) is 29.9. The first-order valence-electron chi connectivity index (χ1n) is 10.8. The van der Waals surface area contributed by atoms with E-state index in [-0.39, 0.29) is 5.91 Å². The van der Waals surface area contributed by atoms with Gasteiger partial charge in [0.2, 0.25) is 0 Å². The van der Waals surface area contributed by atoms with Crippen molar-refractivity contribution in [3.05, 3.63) is 65.2 Å². The Morgan fingerprint density at radius 2 is 1.81 bits per heavy atom. The molecule has 1 amide bonds. The van der Waals surface area contributed by atoms with Crippen molar-refractivity contribution < 1.29 is 24.2 Å². The third-order valence-electron chi connectivity index (χ3n) is 6.00. The van der Waals surface area contributed by atoms with E-state index in [4.69, 9.17) is 9.47 Å². The van der Waals surface area contributed by atoms with Crippen LogP contribution in [0.3, 0.4) is 0 Å². The maximum Gasteiger partial charge on any atom is 0.313 e. The van der Waals surface area contributed by atoms with Gasteiger partial charge in [0.1, 0.15) is 11.7 Å². The summed E-state index contributed by atoms with van der Waals surface area (Å²) in [5, 5.41) is 10.2. The Labute approximate surface area is 182 Å². The number of carboxylic acids is 1. The van der Waals surface area contributed by atoms with Gasteiger partial charge in [-0.05, 0) is 36.2 Å². The van der Waals surface area contributed by atoms with E-state index in [0.29, 0.717) is 44.0 Å². The lowest BCUT2D eigenvalue weighted by Gasteiger charge is -2.42. The maximum atomic E-state index is 13.5. The molecule has 7 nitrogen and oxygen atoms in total. The second-order valence-corrected chi connectivity index (χ2v) is 7.80. The SMILES string of the molecule is CCOc1ccc([C@H]2[C@@H](C(=O)O)c3ccccc3C(=O)N2CCN2CCOCC2)cc1. The fraction of sp³-hybridized carbons (Fsp3) is 0.417. The van der Waals surface area contributed by atoms with Gasteiger partial charge in [0.25, 0.3) is 5.91 Å². The smallest absolute Gasteiger partial charge is 0.313 e. The van der Waals surface area contributed by atoms with Crippen LogP contribution in [0.1, 0.15) is 40.4 Å². The molecular formula is C24H28N2O5. The van der Waals surface area contributed by atoms with Gasteiger partial charge >= 0.3 is 5.97 Å². The van der Waals surface area contributed by atoms with Crippen molar-refractivity contribution in [1.82, 2.24) is 9.80 Å². The lowest BCUT2D eigenvalue weighted by Crippen LogP contribution is -2.49. The molecule has 0 aliphatic carbocycles. The van der Waals surface area contributed by atoms with Crippen LogP contribution in [0.15, 0.2) is 48.5 Å².